The Kier molecular flexibility index (Phi) is 2.98. The van der Waals surface area contributed by atoms with Crippen LogP contribution in [0.3, 0.4) is 0 Å². The number of ether oxygens (including phenoxy) is 4. The Morgan fingerprint density at radius 2 is 2.06 bits per heavy atom. The molecule has 0 amide bonds. The highest BCUT2D eigenvalue weighted by Gasteiger charge is 2.55. The van der Waals surface area contributed by atoms with Crippen molar-refractivity contribution in [1.29, 1.82) is 0 Å². The Hall–Kier alpha value is -0.240. The van der Waals surface area contributed by atoms with Crippen LogP contribution < -0.4 is 11.5 Å². The van der Waals surface area contributed by atoms with Gasteiger partial charge in [-0.3, -0.25) is 0 Å². The predicted molar refractivity (Wildman–Crippen MR) is 56.5 cm³/mol. The molecule has 2 heterocycles. The van der Waals surface area contributed by atoms with Gasteiger partial charge in [-0.05, 0) is 13.8 Å². The van der Waals surface area contributed by atoms with Crippen molar-refractivity contribution in [3.8, 4) is 0 Å². The first kappa shape index (κ1) is 12.2. The molecule has 4 N–H and O–H groups in total. The van der Waals surface area contributed by atoms with Crippen LogP contribution in [0.15, 0.2) is 0 Å². The molecule has 0 spiro atoms. The molecule has 2 aliphatic rings. The van der Waals surface area contributed by atoms with E-state index in [1.165, 1.54) is 0 Å². The van der Waals surface area contributed by atoms with Crippen molar-refractivity contribution in [2.75, 3.05) is 20.3 Å². The molecule has 6 heteroatoms. The van der Waals surface area contributed by atoms with Gasteiger partial charge in [-0.2, -0.15) is 0 Å². The maximum atomic E-state index is 6.05. The number of nitrogens with two attached hydrogens (primary N) is 2. The Morgan fingerprint density at radius 3 is 2.62 bits per heavy atom. The molecule has 0 aliphatic carbocycles. The lowest BCUT2D eigenvalue weighted by molar-refractivity contribution is -0.213. The minimum Gasteiger partial charge on any atom is -0.374 e. The summed E-state index contributed by atoms with van der Waals surface area (Å²) in [6.45, 7) is 4.28. The van der Waals surface area contributed by atoms with Crippen molar-refractivity contribution >= 4 is 0 Å². The van der Waals surface area contributed by atoms with E-state index in [4.69, 9.17) is 30.4 Å². The molecule has 16 heavy (non-hydrogen) atoms. The molecule has 1 unspecified atom stereocenters. The van der Waals surface area contributed by atoms with Crippen molar-refractivity contribution in [1.82, 2.24) is 0 Å². The molecule has 2 rings (SSSR count). The van der Waals surface area contributed by atoms with Crippen molar-refractivity contribution < 1.29 is 18.9 Å². The summed E-state index contributed by atoms with van der Waals surface area (Å²) in [5.41, 5.74) is 10.7. The minimum atomic E-state index is -1.00. The average Bonchev–Trinajstić information content (AvgIpc) is 2.52. The highest BCUT2D eigenvalue weighted by atomic mass is 16.8. The molecule has 6 nitrogen and oxygen atoms in total. The zero-order valence-corrected chi connectivity index (χ0v) is 9.93. The molecule has 0 aromatic carbocycles. The zero-order valence-electron chi connectivity index (χ0n) is 9.93. The van der Waals surface area contributed by atoms with Crippen molar-refractivity contribution in [2.24, 2.45) is 11.5 Å². The van der Waals surface area contributed by atoms with E-state index in [0.717, 1.165) is 0 Å². The van der Waals surface area contributed by atoms with E-state index >= 15 is 0 Å². The molecule has 2 fully saturated rings. The van der Waals surface area contributed by atoms with Crippen LogP contribution in [-0.4, -0.2) is 50.1 Å². The smallest absolute Gasteiger partial charge is 0.164 e. The van der Waals surface area contributed by atoms with Crippen LogP contribution in [0, 0.1) is 0 Å². The van der Waals surface area contributed by atoms with Gasteiger partial charge in [-0.1, -0.05) is 0 Å². The molecule has 0 saturated carbocycles. The second kappa shape index (κ2) is 3.90. The predicted octanol–water partition coefficient (Wildman–Crippen LogP) is -0.835. The summed E-state index contributed by atoms with van der Waals surface area (Å²) in [4.78, 5) is 0. The van der Waals surface area contributed by atoms with E-state index < -0.39 is 17.6 Å². The van der Waals surface area contributed by atoms with E-state index in [-0.39, 0.29) is 18.8 Å². The summed E-state index contributed by atoms with van der Waals surface area (Å²) in [5.74, 6) is -0.630. The Morgan fingerprint density at radius 1 is 1.38 bits per heavy atom. The summed E-state index contributed by atoms with van der Waals surface area (Å²) in [6.07, 6.45) is -0.802. The highest BCUT2D eigenvalue weighted by Crippen LogP contribution is 2.37. The SMILES string of the molecule is COC1[C@H]2OC(C)(C)O[C@H]2CO[C@@]1(N)CN. The quantitative estimate of drug-likeness (QED) is 0.645. The van der Waals surface area contributed by atoms with Crippen molar-refractivity contribution in [3.63, 3.8) is 0 Å². The van der Waals surface area contributed by atoms with Crippen LogP contribution in [0.1, 0.15) is 13.8 Å². The highest BCUT2D eigenvalue weighted by molar-refractivity contribution is 5.01. The third-order valence-corrected chi connectivity index (χ3v) is 3.09. The second-order valence-corrected chi connectivity index (χ2v) is 4.76. The third-order valence-electron chi connectivity index (χ3n) is 3.09. The van der Waals surface area contributed by atoms with Gasteiger partial charge in [0, 0.05) is 13.7 Å². The Labute approximate surface area is 95.1 Å². The fourth-order valence-electron chi connectivity index (χ4n) is 2.35. The first-order valence-electron chi connectivity index (χ1n) is 5.43. The van der Waals surface area contributed by atoms with Gasteiger partial charge in [0.1, 0.15) is 18.3 Å². The lowest BCUT2D eigenvalue weighted by atomic mass is 9.95. The topological polar surface area (TPSA) is 89.0 Å². The third kappa shape index (κ3) is 1.85. The van der Waals surface area contributed by atoms with E-state index in [2.05, 4.69) is 0 Å². The summed E-state index contributed by atoms with van der Waals surface area (Å²) in [7, 11) is 1.57. The molecule has 2 saturated heterocycles. The Bertz CT molecular complexity index is 274. The van der Waals surface area contributed by atoms with Gasteiger partial charge in [0.2, 0.25) is 0 Å². The molecule has 0 aromatic rings. The number of hydrogen-bond acceptors (Lipinski definition) is 6. The number of hydrogen-bond donors (Lipinski definition) is 2. The van der Waals surface area contributed by atoms with Crippen LogP contribution >= 0.6 is 0 Å². The van der Waals surface area contributed by atoms with Crippen molar-refractivity contribution in [3.05, 3.63) is 0 Å². The van der Waals surface area contributed by atoms with Gasteiger partial charge in [-0.25, -0.2) is 0 Å². The number of rotatable bonds is 2. The molecule has 0 aromatic heterocycles. The van der Waals surface area contributed by atoms with Crippen molar-refractivity contribution in [2.45, 2.75) is 43.7 Å². The lowest BCUT2D eigenvalue weighted by Gasteiger charge is -2.43. The first-order valence-corrected chi connectivity index (χ1v) is 5.43. The number of fused-ring (bicyclic) bond motifs is 1. The van der Waals surface area contributed by atoms with Gasteiger partial charge in [0.15, 0.2) is 11.5 Å². The molecule has 0 radical (unpaired) electrons. The molecular formula is C10H20N2O4. The molecular weight excluding hydrogens is 212 g/mol. The summed E-state index contributed by atoms with van der Waals surface area (Å²) >= 11 is 0. The number of methoxy groups -OCH3 is 1. The van der Waals surface area contributed by atoms with E-state index in [9.17, 15) is 0 Å². The fraction of sp³-hybridized carbons (Fsp3) is 1.00. The lowest BCUT2D eigenvalue weighted by Crippen LogP contribution is -2.68. The zero-order chi connectivity index (χ0) is 12.0. The van der Waals surface area contributed by atoms with E-state index in [1.54, 1.807) is 7.11 Å². The largest absolute Gasteiger partial charge is 0.374 e. The average molecular weight is 232 g/mol. The van der Waals surface area contributed by atoms with E-state index in [0.29, 0.717) is 6.61 Å². The van der Waals surface area contributed by atoms with Gasteiger partial charge in [0.05, 0.1) is 6.61 Å². The fourth-order valence-corrected chi connectivity index (χ4v) is 2.35. The second-order valence-electron chi connectivity index (χ2n) is 4.76. The molecule has 94 valence electrons. The van der Waals surface area contributed by atoms with Gasteiger partial charge in [-0.15, -0.1) is 0 Å². The minimum absolute atomic E-state index is 0.150. The van der Waals surface area contributed by atoms with Crippen LogP contribution in [0.4, 0.5) is 0 Å². The van der Waals surface area contributed by atoms with Crippen LogP contribution in [0.2, 0.25) is 0 Å². The van der Waals surface area contributed by atoms with Crippen LogP contribution in [0.5, 0.6) is 0 Å². The van der Waals surface area contributed by atoms with Gasteiger partial charge >= 0.3 is 0 Å². The summed E-state index contributed by atoms with van der Waals surface area (Å²) < 4.78 is 22.4. The van der Waals surface area contributed by atoms with Gasteiger partial charge < -0.3 is 30.4 Å². The molecule has 2 aliphatic heterocycles. The summed E-state index contributed by atoms with van der Waals surface area (Å²) in [5, 5.41) is 0. The normalized spacial score (nSPS) is 46.7. The summed E-state index contributed by atoms with van der Waals surface area (Å²) in [6, 6.07) is 0. The van der Waals surface area contributed by atoms with Gasteiger partial charge in [0.25, 0.3) is 0 Å². The van der Waals surface area contributed by atoms with Crippen LogP contribution in [-0.2, 0) is 18.9 Å². The molecule has 0 bridgehead atoms. The molecule has 4 atom stereocenters. The van der Waals surface area contributed by atoms with Crippen LogP contribution in [0.25, 0.3) is 0 Å². The maximum Gasteiger partial charge on any atom is 0.164 e. The first-order chi connectivity index (χ1) is 7.42. The van der Waals surface area contributed by atoms with E-state index in [1.807, 2.05) is 13.8 Å². The standard InChI is InChI=1S/C10H20N2O4/c1-9(2)15-6-4-14-10(12,5-11)8(13-3)7(6)16-9/h6-8H,4-5,11-12H2,1-3H3/t6-,7-,8?,10-/m0/s1. The maximum absolute atomic E-state index is 6.05. The monoisotopic (exact) mass is 232 g/mol. The Balaban J connectivity index is 2.20.